The van der Waals surface area contributed by atoms with E-state index in [-0.39, 0.29) is 0 Å². The Morgan fingerprint density at radius 3 is 2.79 bits per heavy atom. The normalized spacial score (nSPS) is 26.4. The van der Waals surface area contributed by atoms with Crippen LogP contribution < -0.4 is 5.73 Å². The maximum absolute atomic E-state index is 6.03. The molecule has 2 rings (SSSR count). The van der Waals surface area contributed by atoms with Crippen molar-refractivity contribution in [3.05, 3.63) is 34.9 Å². The van der Waals surface area contributed by atoms with E-state index in [1.807, 2.05) is 0 Å². The highest BCUT2D eigenvalue weighted by atomic mass is 15.2. The molecule has 3 unspecified atom stereocenters. The largest absolute Gasteiger partial charge is 0.329 e. The minimum Gasteiger partial charge on any atom is -0.329 e. The number of nitrogens with two attached hydrogens (primary N) is 1. The minimum atomic E-state index is 0.469. The van der Waals surface area contributed by atoms with E-state index in [4.69, 9.17) is 5.73 Å². The molecule has 1 aromatic carbocycles. The van der Waals surface area contributed by atoms with Gasteiger partial charge < -0.3 is 5.73 Å². The van der Waals surface area contributed by atoms with Gasteiger partial charge in [-0.2, -0.15) is 0 Å². The van der Waals surface area contributed by atoms with Gasteiger partial charge >= 0.3 is 0 Å². The molecule has 0 saturated carbocycles. The first kappa shape index (κ1) is 14.5. The van der Waals surface area contributed by atoms with Crippen LogP contribution in [0.4, 0.5) is 0 Å². The topological polar surface area (TPSA) is 29.3 Å². The van der Waals surface area contributed by atoms with Gasteiger partial charge in [-0.05, 0) is 57.2 Å². The molecule has 0 aromatic heterocycles. The highest BCUT2D eigenvalue weighted by molar-refractivity contribution is 5.33. The van der Waals surface area contributed by atoms with E-state index in [0.717, 1.165) is 6.54 Å². The first-order valence-electron chi connectivity index (χ1n) is 7.57. The summed E-state index contributed by atoms with van der Waals surface area (Å²) >= 11 is 0. The molecule has 1 aliphatic heterocycles. The molecule has 0 radical (unpaired) electrons. The van der Waals surface area contributed by atoms with Crippen LogP contribution in [0.3, 0.4) is 0 Å². The van der Waals surface area contributed by atoms with Crippen molar-refractivity contribution >= 4 is 0 Å². The third-order valence-corrected chi connectivity index (χ3v) is 4.78. The third kappa shape index (κ3) is 3.01. The predicted molar refractivity (Wildman–Crippen MR) is 82.3 cm³/mol. The Balaban J connectivity index is 2.26. The summed E-state index contributed by atoms with van der Waals surface area (Å²) in [6.45, 7) is 11.0. The fourth-order valence-corrected chi connectivity index (χ4v) is 3.52. The molecule has 0 spiro atoms. The summed E-state index contributed by atoms with van der Waals surface area (Å²) in [4.78, 5) is 2.62. The minimum absolute atomic E-state index is 0.469. The molecule has 1 fully saturated rings. The second-order valence-electron chi connectivity index (χ2n) is 6.20. The van der Waals surface area contributed by atoms with Gasteiger partial charge in [-0.3, -0.25) is 4.90 Å². The van der Waals surface area contributed by atoms with Gasteiger partial charge in [0.25, 0.3) is 0 Å². The molecular formula is C17H28N2. The van der Waals surface area contributed by atoms with Crippen molar-refractivity contribution < 1.29 is 0 Å². The van der Waals surface area contributed by atoms with E-state index >= 15 is 0 Å². The number of nitrogens with zero attached hydrogens (tertiary/aromatic N) is 1. The van der Waals surface area contributed by atoms with Crippen molar-refractivity contribution in [2.45, 2.75) is 52.6 Å². The molecule has 1 heterocycles. The first-order valence-corrected chi connectivity index (χ1v) is 7.57. The van der Waals surface area contributed by atoms with E-state index in [2.05, 4.69) is 50.8 Å². The second-order valence-corrected chi connectivity index (χ2v) is 6.20. The number of hydrogen-bond acceptors (Lipinski definition) is 2. The van der Waals surface area contributed by atoms with Gasteiger partial charge in [-0.1, -0.05) is 30.7 Å². The van der Waals surface area contributed by atoms with Crippen molar-refractivity contribution in [2.75, 3.05) is 13.1 Å². The monoisotopic (exact) mass is 260 g/mol. The zero-order chi connectivity index (χ0) is 14.0. The van der Waals surface area contributed by atoms with Crippen LogP contribution in [0.25, 0.3) is 0 Å². The van der Waals surface area contributed by atoms with Gasteiger partial charge in [0, 0.05) is 18.6 Å². The molecule has 1 aromatic rings. The summed E-state index contributed by atoms with van der Waals surface area (Å²) in [6, 6.07) is 7.78. The lowest BCUT2D eigenvalue weighted by atomic mass is 9.87. The first-order chi connectivity index (χ1) is 9.04. The zero-order valence-electron chi connectivity index (χ0n) is 12.8. The van der Waals surface area contributed by atoms with Crippen molar-refractivity contribution in [3.8, 4) is 0 Å². The quantitative estimate of drug-likeness (QED) is 0.902. The summed E-state index contributed by atoms with van der Waals surface area (Å²) in [7, 11) is 0. The fraction of sp³-hybridized carbons (Fsp3) is 0.647. The molecule has 0 bridgehead atoms. The van der Waals surface area contributed by atoms with Crippen LogP contribution in [-0.2, 0) is 0 Å². The lowest BCUT2D eigenvalue weighted by Gasteiger charge is -2.43. The van der Waals surface area contributed by atoms with E-state index in [0.29, 0.717) is 18.0 Å². The molecule has 0 amide bonds. The van der Waals surface area contributed by atoms with Gasteiger partial charge in [0.1, 0.15) is 0 Å². The van der Waals surface area contributed by atoms with Crippen LogP contribution in [0.2, 0.25) is 0 Å². The van der Waals surface area contributed by atoms with E-state index in [1.54, 1.807) is 0 Å². The average molecular weight is 260 g/mol. The lowest BCUT2D eigenvalue weighted by molar-refractivity contribution is 0.0687. The molecular weight excluding hydrogens is 232 g/mol. The van der Waals surface area contributed by atoms with E-state index in [1.165, 1.54) is 36.1 Å². The highest BCUT2D eigenvalue weighted by Crippen LogP contribution is 2.32. The molecule has 2 nitrogen and oxygen atoms in total. The molecule has 1 aliphatic rings. The van der Waals surface area contributed by atoms with E-state index < -0.39 is 0 Å². The Morgan fingerprint density at radius 1 is 1.37 bits per heavy atom. The number of likely N-dealkylation sites (tertiary alicyclic amines) is 1. The van der Waals surface area contributed by atoms with Crippen LogP contribution >= 0.6 is 0 Å². The number of rotatable bonds is 3. The van der Waals surface area contributed by atoms with Gasteiger partial charge in [-0.25, -0.2) is 0 Å². The fourth-order valence-electron chi connectivity index (χ4n) is 3.52. The van der Waals surface area contributed by atoms with Crippen LogP contribution in [0.5, 0.6) is 0 Å². The predicted octanol–water partition coefficient (Wildman–Crippen LogP) is 3.42. The molecule has 2 N–H and O–H groups in total. The summed E-state index contributed by atoms with van der Waals surface area (Å²) in [5.74, 6) is 0.714. The molecule has 2 heteroatoms. The number of benzene rings is 1. The Bertz CT molecular complexity index is 427. The molecule has 1 saturated heterocycles. The van der Waals surface area contributed by atoms with Crippen LogP contribution in [0, 0.1) is 19.8 Å². The zero-order valence-corrected chi connectivity index (χ0v) is 12.8. The van der Waals surface area contributed by atoms with Crippen molar-refractivity contribution in [3.63, 3.8) is 0 Å². The standard InChI is InChI=1S/C17H28N2/c1-12-7-8-13(2)16(10-12)15(4)19-9-5-6-14(3)17(19)11-18/h7-8,10,14-15,17H,5-6,9,11,18H2,1-4H3. The summed E-state index contributed by atoms with van der Waals surface area (Å²) < 4.78 is 0. The van der Waals surface area contributed by atoms with Crippen LogP contribution in [-0.4, -0.2) is 24.0 Å². The third-order valence-electron chi connectivity index (χ3n) is 4.78. The highest BCUT2D eigenvalue weighted by Gasteiger charge is 2.31. The Morgan fingerprint density at radius 2 is 2.11 bits per heavy atom. The maximum Gasteiger partial charge on any atom is 0.0326 e. The van der Waals surface area contributed by atoms with E-state index in [9.17, 15) is 0 Å². The SMILES string of the molecule is Cc1ccc(C)c(C(C)N2CCCC(C)C2CN)c1. The average Bonchev–Trinajstić information content (AvgIpc) is 2.40. The van der Waals surface area contributed by atoms with Crippen LogP contribution in [0.1, 0.15) is 49.4 Å². The number of hydrogen-bond donors (Lipinski definition) is 1. The van der Waals surface area contributed by atoms with Crippen molar-refractivity contribution in [1.29, 1.82) is 0 Å². The number of aryl methyl sites for hydroxylation is 2. The van der Waals surface area contributed by atoms with Crippen molar-refractivity contribution in [2.24, 2.45) is 11.7 Å². The molecule has 19 heavy (non-hydrogen) atoms. The van der Waals surface area contributed by atoms with Gasteiger partial charge in [0.2, 0.25) is 0 Å². The summed E-state index contributed by atoms with van der Waals surface area (Å²) in [5.41, 5.74) is 10.2. The number of piperidine rings is 1. The summed E-state index contributed by atoms with van der Waals surface area (Å²) in [5, 5.41) is 0. The maximum atomic E-state index is 6.03. The smallest absolute Gasteiger partial charge is 0.0326 e. The van der Waals surface area contributed by atoms with Gasteiger partial charge in [0.05, 0.1) is 0 Å². The Labute approximate surface area is 118 Å². The molecule has 3 atom stereocenters. The molecule has 106 valence electrons. The van der Waals surface area contributed by atoms with Crippen LogP contribution in [0.15, 0.2) is 18.2 Å². The van der Waals surface area contributed by atoms with Gasteiger partial charge in [-0.15, -0.1) is 0 Å². The Kier molecular flexibility index (Phi) is 4.64. The van der Waals surface area contributed by atoms with Crippen molar-refractivity contribution in [1.82, 2.24) is 4.90 Å². The second kappa shape index (κ2) is 6.06. The Hall–Kier alpha value is -0.860. The van der Waals surface area contributed by atoms with Gasteiger partial charge in [0.15, 0.2) is 0 Å². The molecule has 0 aliphatic carbocycles. The lowest BCUT2D eigenvalue weighted by Crippen LogP contribution is -2.49. The summed E-state index contributed by atoms with van der Waals surface area (Å²) in [6.07, 6.45) is 2.62.